The molecule has 1 atom stereocenters. The lowest BCUT2D eigenvalue weighted by atomic mass is 10.00. The molecule has 0 aromatic carbocycles. The summed E-state index contributed by atoms with van der Waals surface area (Å²) in [5.41, 5.74) is 1.15. The first-order valence-electron chi connectivity index (χ1n) is 7.41. The second-order valence-electron chi connectivity index (χ2n) is 5.16. The molecule has 1 unspecified atom stereocenters. The van der Waals surface area contributed by atoms with Gasteiger partial charge in [0.1, 0.15) is 0 Å². The predicted octanol–water partition coefficient (Wildman–Crippen LogP) is 4.09. The van der Waals surface area contributed by atoms with E-state index < -0.39 is 5.97 Å². The van der Waals surface area contributed by atoms with E-state index >= 15 is 0 Å². The maximum Gasteiger partial charge on any atom is 0.334 e. The minimum Gasteiger partial charge on any atom is -0.478 e. The molecule has 0 saturated heterocycles. The van der Waals surface area contributed by atoms with Crippen LogP contribution in [0.4, 0.5) is 0 Å². The van der Waals surface area contributed by atoms with Crippen molar-refractivity contribution in [1.82, 2.24) is 0 Å². The Morgan fingerprint density at radius 3 is 2.53 bits per heavy atom. The number of hydrogen-bond acceptors (Lipinski definition) is 2. The summed E-state index contributed by atoms with van der Waals surface area (Å²) in [6, 6.07) is 0. The summed E-state index contributed by atoms with van der Waals surface area (Å²) in [6.07, 6.45) is 10.8. The van der Waals surface area contributed by atoms with Gasteiger partial charge < -0.3 is 9.84 Å². The van der Waals surface area contributed by atoms with E-state index in [9.17, 15) is 9.90 Å². The van der Waals surface area contributed by atoms with Gasteiger partial charge in [-0.15, -0.1) is 0 Å². The number of carbonyl (C=O) groups is 1. The molecule has 0 aliphatic carbocycles. The summed E-state index contributed by atoms with van der Waals surface area (Å²) in [6.45, 7) is 6.26. The molecule has 1 aliphatic rings. The molecule has 0 aromatic rings. The average Bonchev–Trinajstić information content (AvgIpc) is 2.81. The smallest absolute Gasteiger partial charge is 0.334 e. The molecule has 1 heterocycles. The second-order valence-corrected chi connectivity index (χ2v) is 5.16. The second kappa shape index (κ2) is 8.92. The highest BCUT2D eigenvalue weighted by Gasteiger charge is 2.29. The third kappa shape index (κ3) is 5.19. The van der Waals surface area contributed by atoms with Gasteiger partial charge in [0, 0.05) is 0 Å². The SMILES string of the molecule is C=CC1=C(C(=O)O)C(CCCCCCCCC)OC1. The van der Waals surface area contributed by atoms with Crippen molar-refractivity contribution in [2.45, 2.75) is 64.4 Å². The van der Waals surface area contributed by atoms with Gasteiger partial charge in [-0.1, -0.05) is 64.5 Å². The van der Waals surface area contributed by atoms with Crippen molar-refractivity contribution in [3.8, 4) is 0 Å². The van der Waals surface area contributed by atoms with E-state index in [0.717, 1.165) is 18.4 Å². The molecule has 3 nitrogen and oxygen atoms in total. The van der Waals surface area contributed by atoms with Gasteiger partial charge in [0.25, 0.3) is 0 Å². The summed E-state index contributed by atoms with van der Waals surface area (Å²) in [7, 11) is 0. The largest absolute Gasteiger partial charge is 0.478 e. The van der Waals surface area contributed by atoms with Crippen LogP contribution in [0.15, 0.2) is 23.8 Å². The maximum atomic E-state index is 11.2. The van der Waals surface area contributed by atoms with Gasteiger partial charge >= 0.3 is 5.97 Å². The van der Waals surface area contributed by atoms with Crippen LogP contribution in [-0.4, -0.2) is 23.8 Å². The lowest BCUT2D eigenvalue weighted by molar-refractivity contribution is -0.133. The lowest BCUT2D eigenvalue weighted by Crippen LogP contribution is -2.16. The molecule has 1 aliphatic heterocycles. The van der Waals surface area contributed by atoms with Crippen molar-refractivity contribution in [3.05, 3.63) is 23.8 Å². The van der Waals surface area contributed by atoms with E-state index in [1.165, 1.54) is 38.5 Å². The Morgan fingerprint density at radius 2 is 1.95 bits per heavy atom. The van der Waals surface area contributed by atoms with E-state index in [2.05, 4.69) is 13.5 Å². The van der Waals surface area contributed by atoms with Crippen LogP contribution in [0.1, 0.15) is 58.3 Å². The molecule has 0 fully saturated rings. The van der Waals surface area contributed by atoms with Gasteiger partial charge in [0.2, 0.25) is 0 Å². The van der Waals surface area contributed by atoms with Crippen LogP contribution in [0.2, 0.25) is 0 Å². The Kier molecular flexibility index (Phi) is 7.49. The normalized spacial score (nSPS) is 18.9. The minimum absolute atomic E-state index is 0.235. The summed E-state index contributed by atoms with van der Waals surface area (Å²) < 4.78 is 5.55. The van der Waals surface area contributed by atoms with Crippen molar-refractivity contribution in [2.75, 3.05) is 6.61 Å². The van der Waals surface area contributed by atoms with Crippen LogP contribution in [0, 0.1) is 0 Å². The quantitative estimate of drug-likeness (QED) is 0.606. The molecule has 0 amide bonds. The summed E-state index contributed by atoms with van der Waals surface area (Å²) in [4.78, 5) is 11.2. The molecule has 0 radical (unpaired) electrons. The van der Waals surface area contributed by atoms with Gasteiger partial charge in [0.15, 0.2) is 0 Å². The minimum atomic E-state index is -0.861. The fourth-order valence-corrected chi connectivity index (χ4v) is 2.52. The maximum absolute atomic E-state index is 11.2. The monoisotopic (exact) mass is 266 g/mol. The van der Waals surface area contributed by atoms with Crippen LogP contribution in [0.25, 0.3) is 0 Å². The van der Waals surface area contributed by atoms with E-state index in [-0.39, 0.29) is 6.10 Å². The highest BCUT2D eigenvalue weighted by molar-refractivity contribution is 5.90. The van der Waals surface area contributed by atoms with Crippen LogP contribution in [0.3, 0.4) is 0 Å². The van der Waals surface area contributed by atoms with Crippen LogP contribution >= 0.6 is 0 Å². The van der Waals surface area contributed by atoms with E-state index in [1.54, 1.807) is 6.08 Å². The zero-order chi connectivity index (χ0) is 14.1. The highest BCUT2D eigenvalue weighted by Crippen LogP contribution is 2.26. The van der Waals surface area contributed by atoms with Crippen molar-refractivity contribution < 1.29 is 14.6 Å². The molecular formula is C16H26O3. The topological polar surface area (TPSA) is 46.5 Å². The number of unbranched alkanes of at least 4 members (excludes halogenated alkanes) is 6. The van der Waals surface area contributed by atoms with E-state index in [1.807, 2.05) is 0 Å². The highest BCUT2D eigenvalue weighted by atomic mass is 16.5. The van der Waals surface area contributed by atoms with E-state index in [0.29, 0.717) is 12.2 Å². The molecule has 1 rings (SSSR count). The van der Waals surface area contributed by atoms with Crippen LogP contribution in [0.5, 0.6) is 0 Å². The Hall–Kier alpha value is -1.09. The number of hydrogen-bond donors (Lipinski definition) is 1. The molecule has 0 saturated carbocycles. The number of carboxylic acids is 1. The molecule has 19 heavy (non-hydrogen) atoms. The average molecular weight is 266 g/mol. The zero-order valence-electron chi connectivity index (χ0n) is 12.0. The molecule has 0 bridgehead atoms. The molecule has 108 valence electrons. The summed E-state index contributed by atoms with van der Waals surface area (Å²) in [5, 5.41) is 9.20. The number of rotatable bonds is 10. The standard InChI is InChI=1S/C16H26O3/c1-3-5-6-7-8-9-10-11-14-15(16(17)18)13(4-2)12-19-14/h4,14H,2-3,5-12H2,1H3,(H,17,18). The number of carboxylic acid groups (broad SMARTS) is 1. The molecule has 0 aromatic heterocycles. The van der Waals surface area contributed by atoms with Crippen molar-refractivity contribution >= 4 is 5.97 Å². The fourth-order valence-electron chi connectivity index (χ4n) is 2.52. The number of ether oxygens (including phenoxy) is 1. The Morgan fingerprint density at radius 1 is 1.32 bits per heavy atom. The Balaban J connectivity index is 2.24. The number of aliphatic carboxylic acids is 1. The van der Waals surface area contributed by atoms with Gasteiger partial charge in [-0.2, -0.15) is 0 Å². The van der Waals surface area contributed by atoms with Gasteiger partial charge in [-0.3, -0.25) is 0 Å². The van der Waals surface area contributed by atoms with Crippen LogP contribution < -0.4 is 0 Å². The predicted molar refractivity (Wildman–Crippen MR) is 77.2 cm³/mol. The first-order chi connectivity index (χ1) is 9.20. The Bertz CT molecular complexity index is 331. The third-order valence-electron chi connectivity index (χ3n) is 3.65. The summed E-state index contributed by atoms with van der Waals surface area (Å²) in [5.74, 6) is -0.861. The summed E-state index contributed by atoms with van der Waals surface area (Å²) >= 11 is 0. The van der Waals surface area contributed by atoms with Gasteiger partial charge in [-0.25, -0.2) is 4.79 Å². The van der Waals surface area contributed by atoms with Gasteiger partial charge in [-0.05, 0) is 12.0 Å². The molecule has 3 heteroatoms. The first-order valence-corrected chi connectivity index (χ1v) is 7.41. The van der Waals surface area contributed by atoms with Crippen molar-refractivity contribution in [1.29, 1.82) is 0 Å². The first kappa shape index (κ1) is 16.0. The van der Waals surface area contributed by atoms with Crippen LogP contribution in [-0.2, 0) is 9.53 Å². The van der Waals surface area contributed by atoms with Crippen molar-refractivity contribution in [3.63, 3.8) is 0 Å². The molecular weight excluding hydrogens is 240 g/mol. The van der Waals surface area contributed by atoms with Gasteiger partial charge in [0.05, 0.1) is 18.3 Å². The lowest BCUT2D eigenvalue weighted by Gasteiger charge is -2.11. The zero-order valence-corrected chi connectivity index (χ0v) is 12.0. The molecule has 0 spiro atoms. The third-order valence-corrected chi connectivity index (χ3v) is 3.65. The van der Waals surface area contributed by atoms with Crippen molar-refractivity contribution in [2.24, 2.45) is 0 Å². The van der Waals surface area contributed by atoms with E-state index in [4.69, 9.17) is 4.74 Å². The fraction of sp³-hybridized carbons (Fsp3) is 0.688. The Labute approximate surface area is 116 Å². The molecule has 1 N–H and O–H groups in total.